The van der Waals surface area contributed by atoms with Crippen molar-refractivity contribution in [1.29, 1.82) is 0 Å². The Balaban J connectivity index is 1.78. The first kappa shape index (κ1) is 13.6. The molecule has 4 heteroatoms. The molecule has 0 radical (unpaired) electrons. The second kappa shape index (κ2) is 6.34. The molecule has 100 valence electrons. The van der Waals surface area contributed by atoms with Crippen LogP contribution in [0.1, 0.15) is 36.4 Å². The third kappa shape index (κ3) is 3.56. The van der Waals surface area contributed by atoms with E-state index in [9.17, 15) is 4.79 Å². The van der Waals surface area contributed by atoms with Crippen molar-refractivity contribution in [3.8, 4) is 0 Å². The number of hydrogen-bond donors (Lipinski definition) is 1. The highest BCUT2D eigenvalue weighted by Gasteiger charge is 2.22. The number of rotatable bonds is 4. The fourth-order valence-electron chi connectivity index (χ4n) is 2.46. The predicted octanol–water partition coefficient (Wildman–Crippen LogP) is 2.60. The molecule has 0 bridgehead atoms. The summed E-state index contributed by atoms with van der Waals surface area (Å²) in [7, 11) is 0. The molecule has 2 heterocycles. The maximum absolute atomic E-state index is 11.8. The zero-order chi connectivity index (χ0) is 13.0. The van der Waals surface area contributed by atoms with E-state index in [1.165, 1.54) is 30.7 Å². The predicted molar refractivity (Wildman–Crippen MR) is 76.1 cm³/mol. The van der Waals surface area contributed by atoms with Gasteiger partial charge in [0.1, 0.15) is 0 Å². The van der Waals surface area contributed by atoms with Crippen molar-refractivity contribution in [2.24, 2.45) is 5.92 Å². The van der Waals surface area contributed by atoms with Crippen molar-refractivity contribution in [1.82, 2.24) is 10.2 Å². The summed E-state index contributed by atoms with van der Waals surface area (Å²) in [4.78, 5) is 15.2. The number of carbonyl (C=O) groups is 1. The molecule has 0 aromatic carbocycles. The Hall–Kier alpha value is -0.870. The molecule has 1 N–H and O–H groups in total. The molecular weight excluding hydrogens is 244 g/mol. The van der Waals surface area contributed by atoms with E-state index in [0.29, 0.717) is 12.0 Å². The largest absolute Gasteiger partial charge is 0.351 e. The first-order valence-electron chi connectivity index (χ1n) is 6.72. The number of nitrogens with one attached hydrogen (secondary N) is 1. The van der Waals surface area contributed by atoms with Crippen LogP contribution in [0, 0.1) is 5.92 Å². The Kier molecular flexibility index (Phi) is 4.78. The van der Waals surface area contributed by atoms with E-state index in [-0.39, 0.29) is 5.91 Å². The van der Waals surface area contributed by atoms with Crippen LogP contribution in [-0.2, 0) is 0 Å². The van der Waals surface area contributed by atoms with Crippen LogP contribution in [0.3, 0.4) is 0 Å². The van der Waals surface area contributed by atoms with Gasteiger partial charge in [0.25, 0.3) is 5.91 Å². The van der Waals surface area contributed by atoms with Gasteiger partial charge >= 0.3 is 0 Å². The summed E-state index contributed by atoms with van der Waals surface area (Å²) in [6.45, 7) is 7.61. The molecule has 0 unspecified atom stereocenters. The molecule has 1 atom stereocenters. The molecule has 2 rings (SSSR count). The second-order valence-electron chi connectivity index (χ2n) is 5.28. The van der Waals surface area contributed by atoms with Crippen LogP contribution in [-0.4, -0.2) is 36.5 Å². The lowest BCUT2D eigenvalue weighted by atomic mass is 9.97. The summed E-state index contributed by atoms with van der Waals surface area (Å²) in [6.07, 6.45) is 2.48. The van der Waals surface area contributed by atoms with E-state index in [1.807, 2.05) is 17.5 Å². The molecule has 1 aromatic heterocycles. The van der Waals surface area contributed by atoms with E-state index in [4.69, 9.17) is 0 Å². The minimum Gasteiger partial charge on any atom is -0.351 e. The van der Waals surface area contributed by atoms with Crippen LogP contribution in [0.25, 0.3) is 0 Å². The van der Waals surface area contributed by atoms with Crippen molar-refractivity contribution in [2.45, 2.75) is 32.7 Å². The van der Waals surface area contributed by atoms with E-state index >= 15 is 0 Å². The topological polar surface area (TPSA) is 32.3 Å². The van der Waals surface area contributed by atoms with Gasteiger partial charge in [-0.3, -0.25) is 4.79 Å². The highest BCUT2D eigenvalue weighted by Crippen LogP contribution is 2.18. The van der Waals surface area contributed by atoms with Crippen LogP contribution < -0.4 is 5.32 Å². The SMILES string of the molecule is CC(C)N1CCC[C@@H](CNC(=O)c2cccs2)C1. The highest BCUT2D eigenvalue weighted by atomic mass is 32.1. The average molecular weight is 266 g/mol. The van der Waals surface area contributed by atoms with E-state index in [0.717, 1.165) is 18.0 Å². The molecule has 1 saturated heterocycles. The van der Waals surface area contributed by atoms with Gasteiger partial charge in [0.2, 0.25) is 0 Å². The van der Waals surface area contributed by atoms with Gasteiger partial charge in [-0.15, -0.1) is 11.3 Å². The van der Waals surface area contributed by atoms with E-state index in [1.54, 1.807) is 0 Å². The summed E-state index contributed by atoms with van der Waals surface area (Å²) in [5.74, 6) is 0.678. The highest BCUT2D eigenvalue weighted by molar-refractivity contribution is 7.12. The number of carbonyl (C=O) groups excluding carboxylic acids is 1. The lowest BCUT2D eigenvalue weighted by molar-refractivity contribution is 0.0926. The fraction of sp³-hybridized carbons (Fsp3) is 0.643. The molecule has 1 fully saturated rings. The summed E-state index contributed by atoms with van der Waals surface area (Å²) in [5.41, 5.74) is 0. The first-order valence-corrected chi connectivity index (χ1v) is 7.60. The van der Waals surface area contributed by atoms with Gasteiger partial charge in [-0.25, -0.2) is 0 Å². The minimum absolute atomic E-state index is 0.0756. The molecule has 1 amide bonds. The van der Waals surface area contributed by atoms with Crippen LogP contribution in [0.2, 0.25) is 0 Å². The normalized spacial score (nSPS) is 21.2. The summed E-state index contributed by atoms with van der Waals surface area (Å²) >= 11 is 1.50. The zero-order valence-electron chi connectivity index (χ0n) is 11.2. The van der Waals surface area contributed by atoms with Gasteiger partial charge in [0.05, 0.1) is 4.88 Å². The van der Waals surface area contributed by atoms with Crippen molar-refractivity contribution >= 4 is 17.2 Å². The summed E-state index contributed by atoms with van der Waals surface area (Å²) < 4.78 is 0. The Labute approximate surface area is 113 Å². The molecule has 0 saturated carbocycles. The van der Waals surface area contributed by atoms with Gasteiger partial charge in [-0.2, -0.15) is 0 Å². The van der Waals surface area contributed by atoms with Crippen molar-refractivity contribution < 1.29 is 4.79 Å². The Morgan fingerprint density at radius 1 is 1.61 bits per heavy atom. The van der Waals surface area contributed by atoms with E-state index < -0.39 is 0 Å². The van der Waals surface area contributed by atoms with Crippen molar-refractivity contribution in [3.63, 3.8) is 0 Å². The lowest BCUT2D eigenvalue weighted by Gasteiger charge is -2.35. The quantitative estimate of drug-likeness (QED) is 0.908. The lowest BCUT2D eigenvalue weighted by Crippen LogP contribution is -2.43. The molecule has 0 aliphatic carbocycles. The second-order valence-corrected chi connectivity index (χ2v) is 6.23. The van der Waals surface area contributed by atoms with Gasteiger partial charge in [0.15, 0.2) is 0 Å². The minimum atomic E-state index is 0.0756. The molecule has 0 spiro atoms. The first-order chi connectivity index (χ1) is 8.66. The number of nitrogens with zero attached hydrogens (tertiary/aromatic N) is 1. The van der Waals surface area contributed by atoms with E-state index in [2.05, 4.69) is 24.1 Å². The van der Waals surface area contributed by atoms with Gasteiger partial charge in [0, 0.05) is 19.1 Å². The molecule has 1 aliphatic rings. The maximum atomic E-state index is 11.8. The fourth-order valence-corrected chi connectivity index (χ4v) is 3.10. The monoisotopic (exact) mass is 266 g/mol. The molecule has 3 nitrogen and oxygen atoms in total. The van der Waals surface area contributed by atoms with Gasteiger partial charge in [-0.1, -0.05) is 6.07 Å². The van der Waals surface area contributed by atoms with Gasteiger partial charge in [-0.05, 0) is 50.6 Å². The zero-order valence-corrected chi connectivity index (χ0v) is 12.0. The summed E-state index contributed by atoms with van der Waals surface area (Å²) in [6, 6.07) is 4.41. The molecule has 18 heavy (non-hydrogen) atoms. The number of likely N-dealkylation sites (tertiary alicyclic amines) is 1. The number of hydrogen-bond acceptors (Lipinski definition) is 3. The van der Waals surface area contributed by atoms with Crippen LogP contribution >= 0.6 is 11.3 Å². The third-order valence-corrected chi connectivity index (χ3v) is 4.45. The van der Waals surface area contributed by atoms with Crippen molar-refractivity contribution in [2.75, 3.05) is 19.6 Å². The average Bonchev–Trinajstić information content (AvgIpc) is 2.90. The van der Waals surface area contributed by atoms with Crippen LogP contribution in [0.5, 0.6) is 0 Å². The van der Waals surface area contributed by atoms with Crippen LogP contribution in [0.15, 0.2) is 17.5 Å². The number of thiophene rings is 1. The number of piperidine rings is 1. The van der Waals surface area contributed by atoms with Crippen LogP contribution in [0.4, 0.5) is 0 Å². The molecule has 1 aromatic rings. The Morgan fingerprint density at radius 3 is 3.11 bits per heavy atom. The standard InChI is InChI=1S/C14H22N2OS/c1-11(2)16-7-3-5-12(10-16)9-15-14(17)13-6-4-8-18-13/h4,6,8,11-12H,3,5,7,9-10H2,1-2H3,(H,15,17)/t12-/m0/s1. The molecule has 1 aliphatic heterocycles. The number of amides is 1. The third-order valence-electron chi connectivity index (χ3n) is 3.58. The van der Waals surface area contributed by atoms with Gasteiger partial charge < -0.3 is 10.2 Å². The van der Waals surface area contributed by atoms with Crippen molar-refractivity contribution in [3.05, 3.63) is 22.4 Å². The smallest absolute Gasteiger partial charge is 0.261 e. The summed E-state index contributed by atoms with van der Waals surface area (Å²) in [5, 5.41) is 5.00. The Bertz CT molecular complexity index is 375. The molecular formula is C14H22N2OS. The maximum Gasteiger partial charge on any atom is 0.261 e. The Morgan fingerprint density at radius 2 is 2.44 bits per heavy atom.